The minimum atomic E-state index is -0.197. The van der Waals surface area contributed by atoms with Crippen molar-refractivity contribution in [1.29, 1.82) is 5.26 Å². The van der Waals surface area contributed by atoms with E-state index < -0.39 is 0 Å². The second-order valence-electron chi connectivity index (χ2n) is 8.43. The standard InChI is InChI=1S/C27H22N6O2S/c1-17-7-12-22(18(2)15-17)32-25(35)21-5-3-4-6-23(21)33-26(32)30-31-27(33)36-16-24(34)29-20-10-8-19(9-11-20)13-14-28/h3-12,15H,13,16H2,1-2H3,(H,29,34). The largest absolute Gasteiger partial charge is 0.325 e. The van der Waals surface area contributed by atoms with E-state index in [0.29, 0.717) is 33.9 Å². The Morgan fingerprint density at radius 2 is 1.83 bits per heavy atom. The number of nitriles is 1. The first kappa shape index (κ1) is 23.3. The number of nitrogens with one attached hydrogen (secondary N) is 1. The Morgan fingerprint density at radius 3 is 2.58 bits per heavy atom. The number of hydrogen-bond donors (Lipinski definition) is 1. The number of carbonyl (C=O) groups is 1. The van der Waals surface area contributed by atoms with E-state index in [4.69, 9.17) is 5.26 Å². The minimum absolute atomic E-state index is 0.109. The Morgan fingerprint density at radius 1 is 1.06 bits per heavy atom. The van der Waals surface area contributed by atoms with Crippen LogP contribution in [0.3, 0.4) is 0 Å². The number of amides is 1. The predicted octanol–water partition coefficient (Wildman–Crippen LogP) is 4.45. The molecule has 2 heterocycles. The molecular formula is C27H22N6O2S. The number of hydrogen-bond acceptors (Lipinski definition) is 6. The highest BCUT2D eigenvalue weighted by Crippen LogP contribution is 2.25. The Hall–Kier alpha value is -4.42. The van der Waals surface area contributed by atoms with Crippen LogP contribution in [0.2, 0.25) is 0 Å². The zero-order chi connectivity index (χ0) is 25.2. The van der Waals surface area contributed by atoms with Crippen molar-refractivity contribution in [3.63, 3.8) is 0 Å². The molecule has 1 N–H and O–H groups in total. The molecule has 0 aliphatic heterocycles. The van der Waals surface area contributed by atoms with Gasteiger partial charge >= 0.3 is 0 Å². The maximum absolute atomic E-state index is 13.5. The van der Waals surface area contributed by atoms with Crippen molar-refractivity contribution in [1.82, 2.24) is 19.2 Å². The third kappa shape index (κ3) is 4.34. The van der Waals surface area contributed by atoms with E-state index in [9.17, 15) is 9.59 Å². The highest BCUT2D eigenvalue weighted by atomic mass is 32.2. The highest BCUT2D eigenvalue weighted by Gasteiger charge is 2.19. The van der Waals surface area contributed by atoms with Crippen LogP contribution < -0.4 is 10.9 Å². The number of fused-ring (bicyclic) bond motifs is 3. The second kappa shape index (κ2) is 9.68. The lowest BCUT2D eigenvalue weighted by Crippen LogP contribution is -2.22. The van der Waals surface area contributed by atoms with Crippen molar-refractivity contribution >= 4 is 40.0 Å². The lowest BCUT2D eigenvalue weighted by Gasteiger charge is -2.13. The van der Waals surface area contributed by atoms with Gasteiger partial charge in [0, 0.05) is 5.69 Å². The molecule has 0 fully saturated rings. The third-order valence-corrected chi connectivity index (χ3v) is 6.77. The molecule has 9 heteroatoms. The molecule has 36 heavy (non-hydrogen) atoms. The van der Waals surface area contributed by atoms with Crippen LogP contribution in [0.4, 0.5) is 5.69 Å². The van der Waals surface area contributed by atoms with Gasteiger partial charge in [0.2, 0.25) is 11.7 Å². The van der Waals surface area contributed by atoms with E-state index in [1.165, 1.54) is 11.8 Å². The van der Waals surface area contributed by atoms with Crippen molar-refractivity contribution in [3.05, 3.63) is 93.8 Å². The van der Waals surface area contributed by atoms with Crippen molar-refractivity contribution in [2.24, 2.45) is 0 Å². The molecule has 178 valence electrons. The van der Waals surface area contributed by atoms with Gasteiger partial charge in [-0.3, -0.25) is 14.0 Å². The van der Waals surface area contributed by atoms with E-state index in [1.807, 2.05) is 66.8 Å². The number of aromatic nitrogens is 4. The molecule has 0 spiro atoms. The van der Waals surface area contributed by atoms with Gasteiger partial charge in [0.05, 0.1) is 34.8 Å². The van der Waals surface area contributed by atoms with Gasteiger partial charge in [-0.1, -0.05) is 53.7 Å². The first-order valence-corrected chi connectivity index (χ1v) is 12.3. The summed E-state index contributed by atoms with van der Waals surface area (Å²) in [5.74, 6) is 0.302. The number of anilines is 1. The number of thioether (sulfide) groups is 1. The fourth-order valence-corrected chi connectivity index (χ4v) is 4.91. The molecular weight excluding hydrogens is 472 g/mol. The molecule has 0 saturated heterocycles. The SMILES string of the molecule is Cc1ccc(-n2c(=O)c3ccccc3n3c(SCC(=O)Nc4ccc(CC#N)cc4)nnc23)c(C)c1. The van der Waals surface area contributed by atoms with Gasteiger partial charge in [0.1, 0.15) is 0 Å². The smallest absolute Gasteiger partial charge is 0.267 e. The number of benzene rings is 3. The lowest BCUT2D eigenvalue weighted by molar-refractivity contribution is -0.113. The summed E-state index contributed by atoms with van der Waals surface area (Å²) in [6.07, 6.45) is 0.325. The summed E-state index contributed by atoms with van der Waals surface area (Å²) in [5, 5.41) is 21.4. The summed E-state index contributed by atoms with van der Waals surface area (Å²) in [5.41, 5.74) is 4.84. The first-order valence-electron chi connectivity index (χ1n) is 11.3. The molecule has 1 amide bonds. The number of rotatable bonds is 6. The van der Waals surface area contributed by atoms with Crippen LogP contribution in [0.5, 0.6) is 0 Å². The van der Waals surface area contributed by atoms with Crippen LogP contribution in [0.1, 0.15) is 16.7 Å². The zero-order valence-corrected chi connectivity index (χ0v) is 20.5. The first-order chi connectivity index (χ1) is 17.5. The summed E-state index contributed by atoms with van der Waals surface area (Å²) in [4.78, 5) is 26.2. The van der Waals surface area contributed by atoms with Gasteiger partial charge < -0.3 is 5.32 Å². The quantitative estimate of drug-likeness (QED) is 0.350. The minimum Gasteiger partial charge on any atom is -0.325 e. The Bertz CT molecular complexity index is 1710. The van der Waals surface area contributed by atoms with E-state index >= 15 is 0 Å². The number of carbonyl (C=O) groups excluding carboxylic acids is 1. The van der Waals surface area contributed by atoms with Crippen LogP contribution in [0.25, 0.3) is 22.4 Å². The molecule has 5 rings (SSSR count). The Labute approximate surface area is 211 Å². The molecule has 0 unspecified atom stereocenters. The molecule has 5 aromatic rings. The van der Waals surface area contributed by atoms with Gasteiger partial charge in [0.25, 0.3) is 5.56 Å². The summed E-state index contributed by atoms with van der Waals surface area (Å²) in [6.45, 7) is 3.97. The maximum atomic E-state index is 13.5. The summed E-state index contributed by atoms with van der Waals surface area (Å²) >= 11 is 1.25. The number of nitrogens with zero attached hydrogens (tertiary/aromatic N) is 5. The molecule has 0 saturated carbocycles. The fraction of sp³-hybridized carbons (Fsp3) is 0.148. The molecule has 8 nitrogen and oxygen atoms in total. The fourth-order valence-electron chi connectivity index (χ4n) is 4.17. The van der Waals surface area contributed by atoms with Crippen molar-refractivity contribution in [2.75, 3.05) is 11.1 Å². The third-order valence-electron chi connectivity index (χ3n) is 5.84. The molecule has 0 aliphatic rings. The van der Waals surface area contributed by atoms with E-state index in [-0.39, 0.29) is 17.2 Å². The van der Waals surface area contributed by atoms with Gasteiger partial charge in [-0.25, -0.2) is 4.57 Å². The van der Waals surface area contributed by atoms with E-state index in [1.54, 1.807) is 22.8 Å². The van der Waals surface area contributed by atoms with E-state index in [2.05, 4.69) is 21.6 Å². The molecule has 0 bridgehead atoms. The topological polar surface area (TPSA) is 105 Å². The Balaban J connectivity index is 1.50. The van der Waals surface area contributed by atoms with Gasteiger partial charge in [-0.2, -0.15) is 5.26 Å². The molecule has 0 atom stereocenters. The van der Waals surface area contributed by atoms with Crippen molar-refractivity contribution in [3.8, 4) is 11.8 Å². The van der Waals surface area contributed by atoms with Gasteiger partial charge in [-0.15, -0.1) is 10.2 Å². The van der Waals surface area contributed by atoms with Gasteiger partial charge in [-0.05, 0) is 55.3 Å². The lowest BCUT2D eigenvalue weighted by atomic mass is 10.1. The van der Waals surface area contributed by atoms with Crippen LogP contribution in [-0.2, 0) is 11.2 Å². The van der Waals surface area contributed by atoms with Crippen LogP contribution >= 0.6 is 11.8 Å². The summed E-state index contributed by atoms with van der Waals surface area (Å²) in [7, 11) is 0. The maximum Gasteiger partial charge on any atom is 0.267 e. The average molecular weight is 495 g/mol. The van der Waals surface area contributed by atoms with Crippen LogP contribution in [0.15, 0.2) is 76.7 Å². The summed E-state index contributed by atoms with van der Waals surface area (Å²) < 4.78 is 3.40. The number of para-hydroxylation sites is 1. The van der Waals surface area contributed by atoms with Crippen molar-refractivity contribution in [2.45, 2.75) is 25.4 Å². The average Bonchev–Trinajstić information content (AvgIpc) is 3.29. The normalized spacial score (nSPS) is 11.0. The Kier molecular flexibility index (Phi) is 6.27. The van der Waals surface area contributed by atoms with Crippen LogP contribution in [-0.4, -0.2) is 30.8 Å². The number of aryl methyl sites for hydroxylation is 2. The predicted molar refractivity (Wildman–Crippen MR) is 141 cm³/mol. The molecule has 3 aromatic carbocycles. The van der Waals surface area contributed by atoms with Crippen LogP contribution in [0, 0.1) is 25.2 Å². The molecule has 2 aromatic heterocycles. The monoisotopic (exact) mass is 494 g/mol. The molecule has 0 radical (unpaired) electrons. The second-order valence-corrected chi connectivity index (χ2v) is 9.38. The zero-order valence-electron chi connectivity index (χ0n) is 19.7. The molecule has 0 aliphatic carbocycles. The highest BCUT2D eigenvalue weighted by molar-refractivity contribution is 7.99. The van der Waals surface area contributed by atoms with Crippen molar-refractivity contribution < 1.29 is 4.79 Å². The van der Waals surface area contributed by atoms with E-state index in [0.717, 1.165) is 22.4 Å². The summed E-state index contributed by atoms with van der Waals surface area (Å²) in [6, 6.07) is 22.5. The van der Waals surface area contributed by atoms with Gasteiger partial charge in [0.15, 0.2) is 5.16 Å².